The van der Waals surface area contributed by atoms with Crippen LogP contribution >= 0.6 is 0 Å². The molecule has 1 aromatic carbocycles. The highest BCUT2D eigenvalue weighted by molar-refractivity contribution is 5.93. The van der Waals surface area contributed by atoms with Crippen molar-refractivity contribution >= 4 is 5.91 Å². The third-order valence-electron chi connectivity index (χ3n) is 3.08. The summed E-state index contributed by atoms with van der Waals surface area (Å²) in [4.78, 5) is 13.7. The number of amides is 1. The Balaban J connectivity index is 2.17. The summed E-state index contributed by atoms with van der Waals surface area (Å²) in [5.74, 6) is -0.161. The fourth-order valence-corrected chi connectivity index (χ4v) is 2.06. The van der Waals surface area contributed by atoms with E-state index in [4.69, 9.17) is 0 Å². The van der Waals surface area contributed by atoms with Gasteiger partial charge >= 0.3 is 0 Å². The predicted octanol–water partition coefficient (Wildman–Crippen LogP) is 2.49. The molecule has 0 aliphatic carbocycles. The molecule has 1 heterocycles. The molecule has 106 valence electrons. The molecular formula is C15H20N4O. The predicted molar refractivity (Wildman–Crippen MR) is 77.9 cm³/mol. The van der Waals surface area contributed by atoms with Crippen molar-refractivity contribution in [3.05, 3.63) is 41.7 Å². The minimum absolute atomic E-state index is 0.147. The number of nitrogens with one attached hydrogen (secondary N) is 1. The Morgan fingerprint density at radius 1 is 1.30 bits per heavy atom. The SMILES string of the molecule is CCC[C@H](C)NC(=O)c1nn(-c2ccccc2)nc1C. The first kappa shape index (κ1) is 14.2. The highest BCUT2D eigenvalue weighted by atomic mass is 16.2. The van der Waals surface area contributed by atoms with Crippen LogP contribution in [-0.4, -0.2) is 26.9 Å². The zero-order chi connectivity index (χ0) is 14.5. The van der Waals surface area contributed by atoms with Crippen LogP contribution in [0.5, 0.6) is 0 Å². The van der Waals surface area contributed by atoms with Crippen molar-refractivity contribution in [1.29, 1.82) is 0 Å². The monoisotopic (exact) mass is 272 g/mol. The van der Waals surface area contributed by atoms with E-state index in [9.17, 15) is 4.79 Å². The van der Waals surface area contributed by atoms with Gasteiger partial charge in [0.25, 0.3) is 5.91 Å². The van der Waals surface area contributed by atoms with Crippen LogP contribution in [0.15, 0.2) is 30.3 Å². The van der Waals surface area contributed by atoms with E-state index in [2.05, 4.69) is 22.4 Å². The lowest BCUT2D eigenvalue weighted by Gasteiger charge is -2.11. The van der Waals surface area contributed by atoms with Crippen LogP contribution in [0.25, 0.3) is 5.69 Å². The van der Waals surface area contributed by atoms with Gasteiger partial charge in [0.2, 0.25) is 0 Å². The van der Waals surface area contributed by atoms with E-state index < -0.39 is 0 Å². The van der Waals surface area contributed by atoms with E-state index >= 15 is 0 Å². The van der Waals surface area contributed by atoms with E-state index in [1.807, 2.05) is 37.3 Å². The Labute approximate surface area is 119 Å². The van der Waals surface area contributed by atoms with Gasteiger partial charge in [-0.05, 0) is 32.4 Å². The zero-order valence-electron chi connectivity index (χ0n) is 12.1. The maximum atomic E-state index is 12.2. The summed E-state index contributed by atoms with van der Waals surface area (Å²) in [5.41, 5.74) is 1.86. The quantitative estimate of drug-likeness (QED) is 0.909. The lowest BCUT2D eigenvalue weighted by atomic mass is 10.2. The van der Waals surface area contributed by atoms with Gasteiger partial charge in [0.05, 0.1) is 11.4 Å². The van der Waals surface area contributed by atoms with Crippen LogP contribution in [0.2, 0.25) is 0 Å². The largest absolute Gasteiger partial charge is 0.348 e. The van der Waals surface area contributed by atoms with Crippen molar-refractivity contribution in [2.45, 2.75) is 39.7 Å². The fourth-order valence-electron chi connectivity index (χ4n) is 2.06. The van der Waals surface area contributed by atoms with Crippen molar-refractivity contribution < 1.29 is 4.79 Å². The standard InChI is InChI=1S/C15H20N4O/c1-4-8-11(2)16-15(20)14-12(3)17-19(18-14)13-9-6-5-7-10-13/h5-7,9-11H,4,8H2,1-3H3,(H,16,20)/t11-/m0/s1. The summed E-state index contributed by atoms with van der Waals surface area (Å²) in [7, 11) is 0. The first-order chi connectivity index (χ1) is 9.61. The Hall–Kier alpha value is -2.17. The van der Waals surface area contributed by atoms with Crippen LogP contribution in [0, 0.1) is 6.92 Å². The second-order valence-corrected chi connectivity index (χ2v) is 4.92. The maximum absolute atomic E-state index is 12.2. The highest BCUT2D eigenvalue weighted by Crippen LogP contribution is 2.08. The van der Waals surface area contributed by atoms with E-state index in [0.29, 0.717) is 11.4 Å². The molecule has 0 aliphatic heterocycles. The van der Waals surface area contributed by atoms with Crippen molar-refractivity contribution in [3.63, 3.8) is 0 Å². The average Bonchev–Trinajstić information content (AvgIpc) is 2.82. The van der Waals surface area contributed by atoms with Gasteiger partial charge in [-0.25, -0.2) is 0 Å². The second kappa shape index (κ2) is 6.32. The number of para-hydroxylation sites is 1. The molecule has 1 aromatic heterocycles. The third-order valence-corrected chi connectivity index (χ3v) is 3.08. The molecular weight excluding hydrogens is 252 g/mol. The van der Waals surface area contributed by atoms with Gasteiger partial charge in [-0.3, -0.25) is 4.79 Å². The van der Waals surface area contributed by atoms with Crippen molar-refractivity contribution in [1.82, 2.24) is 20.3 Å². The van der Waals surface area contributed by atoms with Crippen LogP contribution in [0.4, 0.5) is 0 Å². The molecule has 0 spiro atoms. The Morgan fingerprint density at radius 3 is 2.65 bits per heavy atom. The number of hydrogen-bond acceptors (Lipinski definition) is 3. The smallest absolute Gasteiger partial charge is 0.273 e. The molecule has 2 aromatic rings. The van der Waals surface area contributed by atoms with Gasteiger partial charge in [0, 0.05) is 6.04 Å². The second-order valence-electron chi connectivity index (χ2n) is 4.92. The van der Waals surface area contributed by atoms with E-state index in [1.165, 1.54) is 4.80 Å². The number of benzene rings is 1. The third kappa shape index (κ3) is 3.23. The number of nitrogens with zero attached hydrogens (tertiary/aromatic N) is 3. The van der Waals surface area contributed by atoms with Gasteiger partial charge in [-0.1, -0.05) is 31.5 Å². The van der Waals surface area contributed by atoms with Gasteiger partial charge in [0.15, 0.2) is 5.69 Å². The van der Waals surface area contributed by atoms with Crippen molar-refractivity contribution in [3.8, 4) is 5.69 Å². The molecule has 0 aliphatic rings. The summed E-state index contributed by atoms with van der Waals surface area (Å²) >= 11 is 0. The van der Waals surface area contributed by atoms with Crippen molar-refractivity contribution in [2.75, 3.05) is 0 Å². The molecule has 20 heavy (non-hydrogen) atoms. The fraction of sp³-hybridized carbons (Fsp3) is 0.400. The molecule has 0 bridgehead atoms. The van der Waals surface area contributed by atoms with Gasteiger partial charge in [-0.2, -0.15) is 9.90 Å². The van der Waals surface area contributed by atoms with Crippen LogP contribution < -0.4 is 5.32 Å². The van der Waals surface area contributed by atoms with Crippen molar-refractivity contribution in [2.24, 2.45) is 0 Å². The zero-order valence-corrected chi connectivity index (χ0v) is 12.1. The number of carbonyl (C=O) groups excluding carboxylic acids is 1. The lowest BCUT2D eigenvalue weighted by molar-refractivity contribution is 0.0932. The van der Waals surface area contributed by atoms with Crippen LogP contribution in [0.1, 0.15) is 42.9 Å². The minimum Gasteiger partial charge on any atom is -0.348 e. The van der Waals surface area contributed by atoms with Gasteiger partial charge < -0.3 is 5.32 Å². The van der Waals surface area contributed by atoms with Gasteiger partial charge in [-0.15, -0.1) is 5.10 Å². The van der Waals surface area contributed by atoms with E-state index in [0.717, 1.165) is 18.5 Å². The van der Waals surface area contributed by atoms with E-state index in [-0.39, 0.29) is 11.9 Å². The first-order valence-corrected chi connectivity index (χ1v) is 6.92. The number of carbonyl (C=O) groups is 1. The number of hydrogen-bond donors (Lipinski definition) is 1. The molecule has 5 nitrogen and oxygen atoms in total. The average molecular weight is 272 g/mol. The molecule has 0 saturated carbocycles. The molecule has 0 unspecified atom stereocenters. The maximum Gasteiger partial charge on any atom is 0.273 e. The number of rotatable bonds is 5. The number of aromatic nitrogens is 3. The molecule has 0 fully saturated rings. The highest BCUT2D eigenvalue weighted by Gasteiger charge is 2.17. The van der Waals surface area contributed by atoms with Crippen LogP contribution in [-0.2, 0) is 0 Å². The summed E-state index contributed by atoms with van der Waals surface area (Å²) in [6.45, 7) is 5.89. The molecule has 2 rings (SSSR count). The van der Waals surface area contributed by atoms with E-state index in [1.54, 1.807) is 6.92 Å². The molecule has 0 radical (unpaired) electrons. The Bertz CT molecular complexity index is 577. The summed E-state index contributed by atoms with van der Waals surface area (Å²) in [6, 6.07) is 9.71. The summed E-state index contributed by atoms with van der Waals surface area (Å²) in [5, 5.41) is 11.5. The molecule has 1 amide bonds. The van der Waals surface area contributed by atoms with Crippen LogP contribution in [0.3, 0.4) is 0 Å². The van der Waals surface area contributed by atoms with Gasteiger partial charge in [0.1, 0.15) is 0 Å². The lowest BCUT2D eigenvalue weighted by Crippen LogP contribution is -2.33. The molecule has 1 N–H and O–H groups in total. The number of aryl methyl sites for hydroxylation is 1. The molecule has 1 atom stereocenters. The first-order valence-electron chi connectivity index (χ1n) is 6.92. The Kier molecular flexibility index (Phi) is 4.50. The normalized spacial score (nSPS) is 12.2. The minimum atomic E-state index is -0.161. The summed E-state index contributed by atoms with van der Waals surface area (Å²) < 4.78 is 0. The Morgan fingerprint density at radius 2 is 2.00 bits per heavy atom. The molecule has 0 saturated heterocycles. The topological polar surface area (TPSA) is 59.8 Å². The summed E-state index contributed by atoms with van der Waals surface area (Å²) in [6.07, 6.45) is 1.99. The molecule has 5 heteroatoms.